The lowest BCUT2D eigenvalue weighted by Crippen LogP contribution is -1.94. The van der Waals surface area contributed by atoms with E-state index in [9.17, 15) is 4.39 Å². The minimum absolute atomic E-state index is 0.280. The first-order valence-electron chi connectivity index (χ1n) is 4.24. The molecule has 3 nitrogen and oxygen atoms in total. The second kappa shape index (κ2) is 4.23. The van der Waals surface area contributed by atoms with Gasteiger partial charge in [0.2, 0.25) is 0 Å². The molecule has 2 aromatic rings. The summed E-state index contributed by atoms with van der Waals surface area (Å²) in [7, 11) is 0. The molecule has 1 N–H and O–H groups in total. The van der Waals surface area contributed by atoms with Crippen LogP contribution in [0.25, 0.3) is 0 Å². The quantitative estimate of drug-likeness (QED) is 0.851. The Hall–Kier alpha value is -1.68. The van der Waals surface area contributed by atoms with E-state index in [1.165, 1.54) is 24.5 Å². The molecular formula is C10H7ClFN3. The number of aromatic nitrogens is 2. The average molecular weight is 224 g/mol. The fourth-order valence-electron chi connectivity index (χ4n) is 1.08. The molecule has 76 valence electrons. The van der Waals surface area contributed by atoms with Crippen molar-refractivity contribution in [3.63, 3.8) is 0 Å². The van der Waals surface area contributed by atoms with Gasteiger partial charge in [0.25, 0.3) is 0 Å². The minimum Gasteiger partial charge on any atom is -0.339 e. The lowest BCUT2D eigenvalue weighted by Gasteiger charge is -2.04. The summed E-state index contributed by atoms with van der Waals surface area (Å²) in [5.41, 5.74) is 0.730. The van der Waals surface area contributed by atoms with Gasteiger partial charge in [0, 0.05) is 5.69 Å². The van der Waals surface area contributed by atoms with E-state index in [0.29, 0.717) is 11.0 Å². The first-order chi connectivity index (χ1) is 7.24. The maximum Gasteiger partial charge on any atom is 0.150 e. The first-order valence-corrected chi connectivity index (χ1v) is 4.62. The number of hydrogen-bond acceptors (Lipinski definition) is 3. The van der Waals surface area contributed by atoms with Crippen LogP contribution in [0.1, 0.15) is 0 Å². The summed E-state index contributed by atoms with van der Waals surface area (Å²) in [6, 6.07) is 5.94. The summed E-state index contributed by atoms with van der Waals surface area (Å²) in [5, 5.41) is 3.25. The highest BCUT2D eigenvalue weighted by atomic mass is 35.5. The number of hydrogen-bond donors (Lipinski definition) is 1. The van der Waals surface area contributed by atoms with Gasteiger partial charge in [0.15, 0.2) is 5.82 Å². The minimum atomic E-state index is -0.280. The van der Waals surface area contributed by atoms with Gasteiger partial charge in [-0.3, -0.25) is 4.98 Å². The van der Waals surface area contributed by atoms with Gasteiger partial charge in [-0.25, -0.2) is 9.37 Å². The molecule has 0 saturated heterocycles. The van der Waals surface area contributed by atoms with Gasteiger partial charge in [-0.05, 0) is 24.3 Å². The van der Waals surface area contributed by atoms with Crippen molar-refractivity contribution in [2.75, 3.05) is 5.32 Å². The van der Waals surface area contributed by atoms with Gasteiger partial charge in [0.1, 0.15) is 11.0 Å². The molecule has 5 heteroatoms. The largest absolute Gasteiger partial charge is 0.339 e. The van der Waals surface area contributed by atoms with Crippen LogP contribution in [-0.4, -0.2) is 9.97 Å². The Morgan fingerprint density at radius 1 is 1.13 bits per heavy atom. The molecule has 1 heterocycles. The van der Waals surface area contributed by atoms with Crippen molar-refractivity contribution in [3.05, 3.63) is 47.6 Å². The van der Waals surface area contributed by atoms with Gasteiger partial charge in [0.05, 0.1) is 12.4 Å². The second-order valence-electron chi connectivity index (χ2n) is 2.86. The van der Waals surface area contributed by atoms with E-state index in [0.717, 1.165) is 5.69 Å². The topological polar surface area (TPSA) is 37.8 Å². The zero-order valence-electron chi connectivity index (χ0n) is 7.61. The fraction of sp³-hybridized carbons (Fsp3) is 0. The van der Waals surface area contributed by atoms with E-state index in [4.69, 9.17) is 11.6 Å². The Bertz CT molecular complexity index is 458. The van der Waals surface area contributed by atoms with Crippen molar-refractivity contribution in [2.24, 2.45) is 0 Å². The van der Waals surface area contributed by atoms with Crippen molar-refractivity contribution in [1.82, 2.24) is 9.97 Å². The van der Waals surface area contributed by atoms with Crippen LogP contribution >= 0.6 is 11.6 Å². The molecule has 0 aliphatic carbocycles. The number of nitrogens with one attached hydrogen (secondary N) is 1. The molecule has 0 fully saturated rings. The molecule has 0 saturated carbocycles. The number of nitrogens with zero attached hydrogens (tertiary/aromatic N) is 2. The third-order valence-corrected chi connectivity index (χ3v) is 1.90. The van der Waals surface area contributed by atoms with Crippen molar-refractivity contribution in [3.8, 4) is 0 Å². The summed E-state index contributed by atoms with van der Waals surface area (Å²) in [4.78, 5) is 7.86. The maximum absolute atomic E-state index is 12.6. The highest BCUT2D eigenvalue weighted by Gasteiger charge is 1.97. The van der Waals surface area contributed by atoms with Crippen LogP contribution in [0.15, 0.2) is 36.7 Å². The monoisotopic (exact) mass is 223 g/mol. The second-order valence-corrected chi connectivity index (χ2v) is 3.25. The van der Waals surface area contributed by atoms with Crippen molar-refractivity contribution in [1.29, 1.82) is 0 Å². The summed E-state index contributed by atoms with van der Waals surface area (Å²) < 4.78 is 12.6. The Morgan fingerprint density at radius 3 is 2.53 bits per heavy atom. The van der Waals surface area contributed by atoms with Crippen molar-refractivity contribution < 1.29 is 4.39 Å². The maximum atomic E-state index is 12.6. The van der Waals surface area contributed by atoms with Crippen molar-refractivity contribution >= 4 is 23.1 Å². The normalized spacial score (nSPS) is 10.0. The number of halogens is 2. The molecule has 2 rings (SSSR count). The van der Waals surface area contributed by atoms with Crippen LogP contribution in [0.4, 0.5) is 15.9 Å². The highest BCUT2D eigenvalue weighted by molar-refractivity contribution is 6.29. The Kier molecular flexibility index (Phi) is 2.78. The molecule has 0 spiro atoms. The molecule has 0 aliphatic heterocycles. The molecule has 0 amide bonds. The van der Waals surface area contributed by atoms with E-state index in [-0.39, 0.29) is 5.82 Å². The van der Waals surface area contributed by atoms with E-state index in [1.807, 2.05) is 0 Å². The van der Waals surface area contributed by atoms with Crippen LogP contribution in [0.2, 0.25) is 5.15 Å². The van der Waals surface area contributed by atoms with Crippen molar-refractivity contribution in [2.45, 2.75) is 0 Å². The smallest absolute Gasteiger partial charge is 0.150 e. The van der Waals surface area contributed by atoms with Crippen LogP contribution in [0, 0.1) is 5.82 Å². The zero-order valence-corrected chi connectivity index (χ0v) is 8.37. The summed E-state index contributed by atoms with van der Waals surface area (Å²) in [5.74, 6) is 0.242. The number of rotatable bonds is 2. The van der Waals surface area contributed by atoms with Gasteiger partial charge in [-0.2, -0.15) is 0 Å². The zero-order chi connectivity index (χ0) is 10.7. The SMILES string of the molecule is Fc1ccc(Nc2cncc(Cl)n2)cc1. The standard InChI is InChI=1S/C10H7ClFN3/c11-9-5-13-6-10(15-9)14-8-3-1-7(12)2-4-8/h1-6H,(H,14,15). The molecule has 1 aromatic carbocycles. The fourth-order valence-corrected chi connectivity index (χ4v) is 1.23. The first kappa shape index (κ1) is 9.86. The predicted molar refractivity (Wildman–Crippen MR) is 56.7 cm³/mol. The Labute approximate surface area is 90.9 Å². The van der Waals surface area contributed by atoms with Gasteiger partial charge in [-0.15, -0.1) is 0 Å². The Morgan fingerprint density at radius 2 is 1.87 bits per heavy atom. The van der Waals surface area contributed by atoms with Gasteiger partial charge < -0.3 is 5.32 Å². The van der Waals surface area contributed by atoms with Gasteiger partial charge in [-0.1, -0.05) is 11.6 Å². The lowest BCUT2D eigenvalue weighted by molar-refractivity contribution is 0.628. The van der Waals surface area contributed by atoms with Gasteiger partial charge >= 0.3 is 0 Å². The molecule has 0 bridgehead atoms. The average Bonchev–Trinajstić information content (AvgIpc) is 2.22. The molecule has 1 aromatic heterocycles. The summed E-state index contributed by atoms with van der Waals surface area (Å²) in [6.45, 7) is 0. The number of benzene rings is 1. The van der Waals surface area contributed by atoms with E-state index < -0.39 is 0 Å². The third-order valence-electron chi connectivity index (χ3n) is 1.72. The molecule has 15 heavy (non-hydrogen) atoms. The predicted octanol–water partition coefficient (Wildman–Crippen LogP) is 3.01. The van der Waals surface area contributed by atoms with Crippen LogP contribution in [0.3, 0.4) is 0 Å². The highest BCUT2D eigenvalue weighted by Crippen LogP contribution is 2.15. The summed E-state index contributed by atoms with van der Waals surface area (Å²) in [6.07, 6.45) is 2.98. The van der Waals surface area contributed by atoms with E-state index in [1.54, 1.807) is 12.1 Å². The lowest BCUT2D eigenvalue weighted by atomic mass is 10.3. The van der Waals surface area contributed by atoms with Crippen LogP contribution < -0.4 is 5.32 Å². The molecule has 0 radical (unpaired) electrons. The van der Waals surface area contributed by atoms with Crippen LogP contribution in [0.5, 0.6) is 0 Å². The third kappa shape index (κ3) is 2.63. The van der Waals surface area contributed by atoms with Crippen LogP contribution in [-0.2, 0) is 0 Å². The molecule has 0 unspecified atom stereocenters. The van der Waals surface area contributed by atoms with E-state index >= 15 is 0 Å². The van der Waals surface area contributed by atoms with E-state index in [2.05, 4.69) is 15.3 Å². The molecule has 0 atom stereocenters. The number of anilines is 2. The molecular weight excluding hydrogens is 217 g/mol. The summed E-state index contributed by atoms with van der Waals surface area (Å²) >= 11 is 5.66. The Balaban J connectivity index is 2.18. The molecule has 0 aliphatic rings.